The molecule has 0 unspecified atom stereocenters. The van der Waals surface area contributed by atoms with Crippen LogP contribution in [0.2, 0.25) is 0 Å². The minimum atomic E-state index is 0.698. The fourth-order valence-corrected chi connectivity index (χ4v) is 5.50. The largest absolute Gasteiger partial charge is 0.306 e. The molecule has 0 N–H and O–H groups in total. The van der Waals surface area contributed by atoms with E-state index in [1.165, 1.54) is 38.1 Å². The van der Waals surface area contributed by atoms with Crippen LogP contribution < -0.4 is 0 Å². The summed E-state index contributed by atoms with van der Waals surface area (Å²) in [5.41, 5.74) is 7.46. The number of nitrogens with zero attached hydrogens (tertiary/aromatic N) is 3. The van der Waals surface area contributed by atoms with Gasteiger partial charge in [-0.05, 0) is 53.8 Å². The molecular formula is C28H17N3. The molecule has 144 valence electrons. The summed E-state index contributed by atoms with van der Waals surface area (Å²) in [6, 6.07) is 23.8. The van der Waals surface area contributed by atoms with Gasteiger partial charge in [0.2, 0.25) is 0 Å². The highest BCUT2D eigenvalue weighted by molar-refractivity contribution is 6.29. The summed E-state index contributed by atoms with van der Waals surface area (Å²) < 4.78 is 2.32. The second-order valence-corrected chi connectivity index (χ2v) is 8.49. The van der Waals surface area contributed by atoms with Crippen LogP contribution in [0.4, 0.5) is 0 Å². The lowest BCUT2D eigenvalue weighted by Crippen LogP contribution is -1.98. The Kier molecular flexibility index (Phi) is 2.95. The Morgan fingerprint density at radius 1 is 0.774 bits per heavy atom. The van der Waals surface area contributed by atoms with Gasteiger partial charge in [-0.2, -0.15) is 5.26 Å². The van der Waals surface area contributed by atoms with Crippen molar-refractivity contribution in [3.63, 3.8) is 0 Å². The summed E-state index contributed by atoms with van der Waals surface area (Å²) in [5.74, 6) is 0. The van der Waals surface area contributed by atoms with E-state index in [4.69, 9.17) is 4.98 Å². The number of hydrogen-bond acceptors (Lipinski definition) is 2. The number of hydrogen-bond donors (Lipinski definition) is 0. The van der Waals surface area contributed by atoms with Crippen molar-refractivity contribution in [1.29, 1.82) is 5.26 Å². The Morgan fingerprint density at radius 3 is 2.48 bits per heavy atom. The van der Waals surface area contributed by atoms with Gasteiger partial charge in [-0.3, -0.25) is 4.98 Å². The lowest BCUT2D eigenvalue weighted by Gasteiger charge is -2.16. The molecule has 7 aromatic rings. The average molecular weight is 395 g/mol. The monoisotopic (exact) mass is 395 g/mol. The molecule has 0 saturated carbocycles. The van der Waals surface area contributed by atoms with E-state index in [2.05, 4.69) is 72.8 Å². The first-order valence-corrected chi connectivity index (χ1v) is 10.5. The zero-order valence-corrected chi connectivity index (χ0v) is 17.2. The van der Waals surface area contributed by atoms with Crippen molar-refractivity contribution in [3.05, 3.63) is 83.6 Å². The van der Waals surface area contributed by atoms with Crippen molar-refractivity contribution in [2.75, 3.05) is 0 Å². The zero-order chi connectivity index (χ0) is 20.9. The number of pyridine rings is 2. The molecule has 3 heterocycles. The van der Waals surface area contributed by atoms with E-state index in [0.717, 1.165) is 32.8 Å². The van der Waals surface area contributed by atoms with Crippen LogP contribution in [0.1, 0.15) is 16.7 Å². The molecule has 0 aliphatic carbocycles. The van der Waals surface area contributed by atoms with E-state index < -0.39 is 0 Å². The predicted molar refractivity (Wildman–Crippen MR) is 128 cm³/mol. The van der Waals surface area contributed by atoms with Crippen molar-refractivity contribution in [2.24, 2.45) is 0 Å². The van der Waals surface area contributed by atoms with Crippen molar-refractivity contribution >= 4 is 59.8 Å². The third-order valence-electron chi connectivity index (χ3n) is 6.80. The van der Waals surface area contributed by atoms with Gasteiger partial charge in [-0.15, -0.1) is 0 Å². The minimum absolute atomic E-state index is 0.698. The van der Waals surface area contributed by atoms with Crippen LogP contribution in [0.25, 0.3) is 59.8 Å². The van der Waals surface area contributed by atoms with Crippen LogP contribution in [0, 0.1) is 25.2 Å². The van der Waals surface area contributed by atoms with E-state index >= 15 is 0 Å². The number of benzene rings is 4. The van der Waals surface area contributed by atoms with E-state index in [-0.39, 0.29) is 0 Å². The van der Waals surface area contributed by atoms with Gasteiger partial charge in [0.1, 0.15) is 6.07 Å². The zero-order valence-electron chi connectivity index (χ0n) is 17.2. The number of rotatable bonds is 0. The van der Waals surface area contributed by atoms with Crippen molar-refractivity contribution in [2.45, 2.75) is 13.8 Å². The Labute approximate surface area is 178 Å². The highest BCUT2D eigenvalue weighted by atomic mass is 14.9. The van der Waals surface area contributed by atoms with E-state index in [1.807, 2.05) is 18.3 Å². The molecule has 3 nitrogen and oxygen atoms in total. The van der Waals surface area contributed by atoms with Crippen molar-refractivity contribution in [3.8, 4) is 6.07 Å². The highest BCUT2D eigenvalue weighted by Gasteiger charge is 2.22. The van der Waals surface area contributed by atoms with E-state index in [1.54, 1.807) is 0 Å². The quantitative estimate of drug-likeness (QED) is 0.204. The van der Waals surface area contributed by atoms with Gasteiger partial charge >= 0.3 is 0 Å². The third-order valence-corrected chi connectivity index (χ3v) is 6.80. The van der Waals surface area contributed by atoms with Gasteiger partial charge in [-0.1, -0.05) is 48.0 Å². The van der Waals surface area contributed by atoms with E-state index in [9.17, 15) is 5.26 Å². The summed E-state index contributed by atoms with van der Waals surface area (Å²) in [6.45, 7) is 4.32. The number of para-hydroxylation sites is 1. The smallest absolute Gasteiger partial charge is 0.101 e. The molecule has 31 heavy (non-hydrogen) atoms. The molecule has 0 atom stereocenters. The van der Waals surface area contributed by atoms with Crippen LogP contribution in [-0.2, 0) is 0 Å². The molecule has 0 aliphatic heterocycles. The van der Waals surface area contributed by atoms with Gasteiger partial charge in [0.25, 0.3) is 0 Å². The van der Waals surface area contributed by atoms with Crippen molar-refractivity contribution < 1.29 is 0 Å². The third kappa shape index (κ3) is 1.90. The summed E-state index contributed by atoms with van der Waals surface area (Å²) in [6.07, 6.45) is 1.90. The summed E-state index contributed by atoms with van der Waals surface area (Å²) in [5, 5.41) is 18.2. The fourth-order valence-electron chi connectivity index (χ4n) is 5.50. The maximum atomic E-state index is 9.95. The first-order chi connectivity index (χ1) is 15.2. The molecule has 0 bridgehead atoms. The molecule has 0 fully saturated rings. The summed E-state index contributed by atoms with van der Waals surface area (Å²) >= 11 is 0. The molecule has 3 heteroatoms. The average Bonchev–Trinajstić information content (AvgIpc) is 3.13. The van der Waals surface area contributed by atoms with Crippen LogP contribution in [0.3, 0.4) is 0 Å². The van der Waals surface area contributed by atoms with Crippen LogP contribution in [0.15, 0.2) is 66.9 Å². The van der Waals surface area contributed by atoms with Crippen LogP contribution in [-0.4, -0.2) is 9.38 Å². The normalized spacial score (nSPS) is 12.2. The highest BCUT2D eigenvalue weighted by Crippen LogP contribution is 2.43. The maximum Gasteiger partial charge on any atom is 0.101 e. The molecule has 3 aromatic heterocycles. The second kappa shape index (κ2) is 5.50. The molecule has 4 aromatic carbocycles. The minimum Gasteiger partial charge on any atom is -0.306 e. The van der Waals surface area contributed by atoms with Gasteiger partial charge in [-0.25, -0.2) is 0 Å². The Hall–Kier alpha value is -4.16. The molecule has 0 aliphatic rings. The van der Waals surface area contributed by atoms with Gasteiger partial charge in [0, 0.05) is 27.7 Å². The number of nitriles is 1. The Balaban J connectivity index is 1.96. The number of aromatic nitrogens is 2. The molecule has 0 radical (unpaired) electrons. The molecule has 0 saturated heterocycles. The van der Waals surface area contributed by atoms with E-state index in [0.29, 0.717) is 5.56 Å². The molecule has 7 rings (SSSR count). The lowest BCUT2D eigenvalue weighted by molar-refractivity contribution is 1.31. The molecule has 0 amide bonds. The Bertz CT molecular complexity index is 1920. The maximum absolute atomic E-state index is 9.95. The standard InChI is InChI=1S/C28H17N3/c1-15-6-8-20-16(2)26-23(13-19(20)12-15)25-24-17(10-11-30-25)7-9-22-21-5-3-4-18(14-29)27(21)31(26)28(22)24/h3-13H,1-2H3. The second-order valence-electron chi connectivity index (χ2n) is 8.49. The topological polar surface area (TPSA) is 41.1 Å². The SMILES string of the molecule is Cc1ccc2c(C)c3c(cc2c1)c1nccc2ccc4c5cccc(C#N)c5n3c4c21. The van der Waals surface area contributed by atoms with Crippen LogP contribution in [0.5, 0.6) is 0 Å². The van der Waals surface area contributed by atoms with Gasteiger partial charge < -0.3 is 4.40 Å². The van der Waals surface area contributed by atoms with Crippen molar-refractivity contribution in [1.82, 2.24) is 9.38 Å². The number of fused-ring (bicyclic) bond motifs is 7. The van der Waals surface area contributed by atoms with Gasteiger partial charge in [0.15, 0.2) is 0 Å². The fraction of sp³-hybridized carbons (Fsp3) is 0.0714. The molecular weight excluding hydrogens is 378 g/mol. The first kappa shape index (κ1) is 16.6. The summed E-state index contributed by atoms with van der Waals surface area (Å²) in [7, 11) is 0. The molecule has 0 spiro atoms. The van der Waals surface area contributed by atoms with Gasteiger partial charge in [0.05, 0.1) is 27.6 Å². The number of aryl methyl sites for hydroxylation is 2. The summed E-state index contributed by atoms with van der Waals surface area (Å²) in [4.78, 5) is 4.87. The lowest BCUT2D eigenvalue weighted by atomic mass is 9.96. The van der Waals surface area contributed by atoms with Crippen LogP contribution >= 0.6 is 0 Å². The predicted octanol–water partition coefficient (Wildman–Crippen LogP) is 7.03. The Morgan fingerprint density at radius 2 is 1.61 bits per heavy atom. The first-order valence-electron chi connectivity index (χ1n) is 10.5.